The second kappa shape index (κ2) is 7.15. The van der Waals surface area contributed by atoms with Gasteiger partial charge in [0.1, 0.15) is 6.33 Å². The molecule has 0 saturated carbocycles. The second-order valence-electron chi connectivity index (χ2n) is 6.74. The van der Waals surface area contributed by atoms with Crippen LogP contribution in [0.1, 0.15) is 19.3 Å². The zero-order valence-corrected chi connectivity index (χ0v) is 14.5. The highest BCUT2D eigenvalue weighted by Gasteiger charge is 2.20. The summed E-state index contributed by atoms with van der Waals surface area (Å²) in [7, 11) is 2.23. The summed E-state index contributed by atoms with van der Waals surface area (Å²) in [4.78, 5) is 10.7. The van der Waals surface area contributed by atoms with E-state index in [2.05, 4.69) is 63.1 Å². The number of likely N-dealkylation sites (tertiary alicyclic amines) is 1. The number of nitrogens with zero attached hydrogens (tertiary/aromatic N) is 5. The highest BCUT2D eigenvalue weighted by molar-refractivity contribution is 5.70. The minimum Gasteiger partial charge on any atom is -0.303 e. The summed E-state index contributed by atoms with van der Waals surface area (Å²) in [6, 6.07) is 11.2. The minimum atomic E-state index is 0.703. The van der Waals surface area contributed by atoms with Gasteiger partial charge in [-0.25, -0.2) is 9.97 Å². The Morgan fingerprint density at radius 1 is 1.08 bits per heavy atom. The number of benzene rings is 1. The lowest BCUT2D eigenvalue weighted by Gasteiger charge is -2.18. The molecule has 25 heavy (non-hydrogen) atoms. The van der Waals surface area contributed by atoms with Gasteiger partial charge in [-0.2, -0.15) is 5.10 Å². The third kappa shape index (κ3) is 3.61. The number of aryl methyl sites for hydroxylation is 1. The summed E-state index contributed by atoms with van der Waals surface area (Å²) in [6.07, 6.45) is 11.1. The van der Waals surface area contributed by atoms with E-state index in [4.69, 9.17) is 5.10 Å². The molecule has 0 aliphatic carbocycles. The zero-order chi connectivity index (χ0) is 17.1. The van der Waals surface area contributed by atoms with Crippen molar-refractivity contribution < 1.29 is 0 Å². The molecule has 1 aliphatic rings. The smallest absolute Gasteiger partial charge is 0.115 e. The maximum absolute atomic E-state index is 4.77. The first kappa shape index (κ1) is 16.0. The quantitative estimate of drug-likeness (QED) is 0.717. The zero-order valence-electron chi connectivity index (χ0n) is 14.5. The number of aromatic nitrogens is 4. The van der Waals surface area contributed by atoms with Gasteiger partial charge >= 0.3 is 0 Å². The van der Waals surface area contributed by atoms with E-state index in [-0.39, 0.29) is 0 Å². The van der Waals surface area contributed by atoms with E-state index in [0.717, 1.165) is 28.9 Å². The fraction of sp³-hybridized carbons (Fsp3) is 0.350. The SMILES string of the molecule is CN1CCCC1CCn1ccc(-c2cccc(-c3cncnc3)c2)n1. The van der Waals surface area contributed by atoms with Crippen LogP contribution in [0.2, 0.25) is 0 Å². The normalized spacial score (nSPS) is 17.9. The van der Waals surface area contributed by atoms with E-state index in [1.165, 1.54) is 25.8 Å². The molecule has 4 rings (SSSR count). The Morgan fingerprint density at radius 2 is 1.92 bits per heavy atom. The Morgan fingerprint density at radius 3 is 2.72 bits per heavy atom. The van der Waals surface area contributed by atoms with Crippen molar-refractivity contribution in [1.29, 1.82) is 0 Å². The fourth-order valence-electron chi connectivity index (χ4n) is 3.57. The maximum Gasteiger partial charge on any atom is 0.115 e. The van der Waals surface area contributed by atoms with Crippen molar-refractivity contribution in [2.24, 2.45) is 0 Å². The van der Waals surface area contributed by atoms with Gasteiger partial charge in [0.15, 0.2) is 0 Å². The lowest BCUT2D eigenvalue weighted by atomic mass is 10.0. The van der Waals surface area contributed by atoms with Crippen molar-refractivity contribution in [2.75, 3.05) is 13.6 Å². The third-order valence-electron chi connectivity index (χ3n) is 5.06. The van der Waals surface area contributed by atoms with Gasteiger partial charge in [0.2, 0.25) is 0 Å². The lowest BCUT2D eigenvalue weighted by Crippen LogP contribution is -2.26. The van der Waals surface area contributed by atoms with Crippen molar-refractivity contribution in [1.82, 2.24) is 24.6 Å². The monoisotopic (exact) mass is 333 g/mol. The van der Waals surface area contributed by atoms with E-state index in [1.807, 2.05) is 12.4 Å². The fourth-order valence-corrected chi connectivity index (χ4v) is 3.57. The molecule has 1 saturated heterocycles. The van der Waals surface area contributed by atoms with Crippen LogP contribution in [0.3, 0.4) is 0 Å². The molecular weight excluding hydrogens is 310 g/mol. The Labute approximate surface area is 148 Å². The summed E-state index contributed by atoms with van der Waals surface area (Å²) >= 11 is 0. The first-order valence-electron chi connectivity index (χ1n) is 8.89. The van der Waals surface area contributed by atoms with Crippen LogP contribution in [0.25, 0.3) is 22.4 Å². The predicted molar refractivity (Wildman–Crippen MR) is 99.0 cm³/mol. The van der Waals surface area contributed by atoms with Crippen molar-refractivity contribution in [3.8, 4) is 22.4 Å². The Bertz CT molecular complexity index is 827. The minimum absolute atomic E-state index is 0.703. The standard InChI is InChI=1S/C20H23N5/c1-24-9-3-6-19(24)7-10-25-11-8-20(23-25)17-5-2-4-16(12-17)18-13-21-15-22-14-18/h2,4-5,8,11-15,19H,3,6-7,9-10H2,1H3. The van der Waals surface area contributed by atoms with E-state index in [1.54, 1.807) is 6.33 Å². The first-order chi connectivity index (χ1) is 12.3. The van der Waals surface area contributed by atoms with Gasteiger partial charge in [-0.05, 0) is 50.6 Å². The summed E-state index contributed by atoms with van der Waals surface area (Å²) in [5.41, 5.74) is 4.27. The molecule has 1 fully saturated rings. The molecule has 5 heteroatoms. The predicted octanol–water partition coefficient (Wildman–Crippen LogP) is 3.49. The molecule has 1 aliphatic heterocycles. The van der Waals surface area contributed by atoms with Gasteiger partial charge in [-0.3, -0.25) is 4.68 Å². The van der Waals surface area contributed by atoms with Crippen molar-refractivity contribution in [3.05, 3.63) is 55.2 Å². The summed E-state index contributed by atoms with van der Waals surface area (Å²) in [6.45, 7) is 2.20. The van der Waals surface area contributed by atoms with E-state index in [0.29, 0.717) is 6.04 Å². The van der Waals surface area contributed by atoms with Crippen LogP contribution in [0.15, 0.2) is 55.2 Å². The van der Waals surface area contributed by atoms with Crippen LogP contribution < -0.4 is 0 Å². The summed E-state index contributed by atoms with van der Waals surface area (Å²) in [5, 5.41) is 4.77. The molecule has 0 spiro atoms. The number of rotatable bonds is 5. The number of hydrogen-bond donors (Lipinski definition) is 0. The topological polar surface area (TPSA) is 46.8 Å². The molecule has 1 aromatic carbocycles. The van der Waals surface area contributed by atoms with Gasteiger partial charge in [-0.1, -0.05) is 18.2 Å². The Balaban J connectivity index is 1.48. The Kier molecular flexibility index (Phi) is 4.57. The molecule has 0 amide bonds. The summed E-state index contributed by atoms with van der Waals surface area (Å²) < 4.78 is 2.07. The van der Waals surface area contributed by atoms with Crippen molar-refractivity contribution in [3.63, 3.8) is 0 Å². The van der Waals surface area contributed by atoms with Crippen LogP contribution in [-0.4, -0.2) is 44.3 Å². The van der Waals surface area contributed by atoms with E-state index in [9.17, 15) is 0 Å². The molecule has 5 nitrogen and oxygen atoms in total. The second-order valence-corrected chi connectivity index (χ2v) is 6.74. The molecule has 0 N–H and O–H groups in total. The van der Waals surface area contributed by atoms with Crippen LogP contribution in [0, 0.1) is 0 Å². The van der Waals surface area contributed by atoms with Crippen LogP contribution in [0.5, 0.6) is 0 Å². The van der Waals surface area contributed by atoms with Gasteiger partial charge in [0.25, 0.3) is 0 Å². The highest BCUT2D eigenvalue weighted by atomic mass is 15.3. The van der Waals surface area contributed by atoms with Gasteiger partial charge in [-0.15, -0.1) is 0 Å². The Hall–Kier alpha value is -2.53. The first-order valence-corrected chi connectivity index (χ1v) is 8.89. The molecule has 0 radical (unpaired) electrons. The number of hydrogen-bond acceptors (Lipinski definition) is 4. The van der Waals surface area contributed by atoms with Crippen molar-refractivity contribution in [2.45, 2.75) is 31.8 Å². The molecule has 2 aromatic heterocycles. The maximum atomic E-state index is 4.77. The van der Waals surface area contributed by atoms with Gasteiger partial charge < -0.3 is 4.90 Å². The molecule has 3 heterocycles. The average Bonchev–Trinajstić information content (AvgIpc) is 3.30. The van der Waals surface area contributed by atoms with E-state index < -0.39 is 0 Å². The van der Waals surface area contributed by atoms with E-state index >= 15 is 0 Å². The molecular formula is C20H23N5. The third-order valence-corrected chi connectivity index (χ3v) is 5.06. The molecule has 128 valence electrons. The molecule has 0 bridgehead atoms. The van der Waals surface area contributed by atoms with Gasteiger partial charge in [0.05, 0.1) is 5.69 Å². The lowest BCUT2D eigenvalue weighted by molar-refractivity contribution is 0.283. The largest absolute Gasteiger partial charge is 0.303 e. The van der Waals surface area contributed by atoms with Crippen LogP contribution in [0.4, 0.5) is 0 Å². The average molecular weight is 333 g/mol. The molecule has 1 atom stereocenters. The molecule has 1 unspecified atom stereocenters. The van der Waals surface area contributed by atoms with Crippen molar-refractivity contribution >= 4 is 0 Å². The van der Waals surface area contributed by atoms with Crippen LogP contribution >= 0.6 is 0 Å². The van der Waals surface area contributed by atoms with Crippen LogP contribution in [-0.2, 0) is 6.54 Å². The van der Waals surface area contributed by atoms with Gasteiger partial charge in [0, 0.05) is 42.3 Å². The highest BCUT2D eigenvalue weighted by Crippen LogP contribution is 2.25. The molecule has 3 aromatic rings. The summed E-state index contributed by atoms with van der Waals surface area (Å²) in [5.74, 6) is 0.